The van der Waals surface area contributed by atoms with Gasteiger partial charge in [-0.15, -0.1) is 0 Å². The third-order valence-electron chi connectivity index (χ3n) is 4.20. The molecule has 0 aliphatic carbocycles. The molecule has 7 nitrogen and oxygen atoms in total. The Labute approximate surface area is 135 Å². The zero-order chi connectivity index (χ0) is 16.2. The molecule has 0 amide bonds. The lowest BCUT2D eigenvalue weighted by atomic mass is 10.2. The van der Waals surface area contributed by atoms with Crippen molar-refractivity contribution in [3.8, 4) is 11.4 Å². The molecule has 0 N–H and O–H groups in total. The number of aromatic nitrogens is 4. The predicted molar refractivity (Wildman–Crippen MR) is 87.4 cm³/mol. The van der Waals surface area contributed by atoms with Crippen LogP contribution in [-0.2, 0) is 11.8 Å². The van der Waals surface area contributed by atoms with E-state index in [0.29, 0.717) is 17.3 Å². The van der Waals surface area contributed by atoms with E-state index in [2.05, 4.69) is 19.9 Å². The third kappa shape index (κ3) is 3.39. The fraction of sp³-hybridized carbons (Fsp3) is 0.500. The second-order valence-corrected chi connectivity index (χ2v) is 5.73. The number of ether oxygens (including phenoxy) is 1. The standard InChI is InChI=1S/C16H21N5O2/c1-20-15(22)9-14(13-6-7-17-11-18-13)19-16(20)21-8-4-3-5-12(10-21)23-2/h6-7,9,11-12H,3-5,8,10H2,1-2H3. The van der Waals surface area contributed by atoms with Gasteiger partial charge in [0.05, 0.1) is 17.5 Å². The summed E-state index contributed by atoms with van der Waals surface area (Å²) in [6, 6.07) is 3.27. The van der Waals surface area contributed by atoms with E-state index in [0.717, 1.165) is 32.4 Å². The molecule has 1 atom stereocenters. The molecular weight excluding hydrogens is 294 g/mol. The predicted octanol–water partition coefficient (Wildman–Crippen LogP) is 1.24. The summed E-state index contributed by atoms with van der Waals surface area (Å²) in [6.45, 7) is 1.61. The molecule has 0 aromatic carbocycles. The van der Waals surface area contributed by atoms with Gasteiger partial charge in [0, 0.05) is 39.5 Å². The number of nitrogens with zero attached hydrogens (tertiary/aromatic N) is 5. The van der Waals surface area contributed by atoms with Crippen molar-refractivity contribution in [3.05, 3.63) is 35.0 Å². The summed E-state index contributed by atoms with van der Waals surface area (Å²) in [4.78, 5) is 27.2. The van der Waals surface area contributed by atoms with E-state index in [1.54, 1.807) is 31.0 Å². The summed E-state index contributed by atoms with van der Waals surface area (Å²) in [6.07, 6.45) is 6.49. The lowest BCUT2D eigenvalue weighted by molar-refractivity contribution is 0.103. The van der Waals surface area contributed by atoms with E-state index in [1.165, 1.54) is 12.4 Å². The molecule has 122 valence electrons. The van der Waals surface area contributed by atoms with Crippen molar-refractivity contribution < 1.29 is 4.74 Å². The van der Waals surface area contributed by atoms with Crippen molar-refractivity contribution in [1.82, 2.24) is 19.5 Å². The summed E-state index contributed by atoms with van der Waals surface area (Å²) in [5, 5.41) is 0. The molecule has 7 heteroatoms. The van der Waals surface area contributed by atoms with Crippen LogP contribution in [0.15, 0.2) is 29.5 Å². The third-order valence-corrected chi connectivity index (χ3v) is 4.20. The minimum absolute atomic E-state index is 0.0955. The van der Waals surface area contributed by atoms with Gasteiger partial charge in [0.1, 0.15) is 6.33 Å². The summed E-state index contributed by atoms with van der Waals surface area (Å²) >= 11 is 0. The molecular formula is C16H21N5O2. The largest absolute Gasteiger partial charge is 0.380 e. The first-order valence-electron chi connectivity index (χ1n) is 7.81. The maximum Gasteiger partial charge on any atom is 0.255 e. The average molecular weight is 315 g/mol. The molecule has 0 bridgehead atoms. The Bertz CT molecular complexity index is 716. The van der Waals surface area contributed by atoms with Crippen LogP contribution in [-0.4, -0.2) is 45.8 Å². The number of rotatable bonds is 3. The Morgan fingerprint density at radius 1 is 1.30 bits per heavy atom. The first-order valence-corrected chi connectivity index (χ1v) is 7.81. The second-order valence-electron chi connectivity index (χ2n) is 5.73. The normalized spacial score (nSPS) is 18.7. The Hall–Kier alpha value is -2.28. The van der Waals surface area contributed by atoms with Crippen molar-refractivity contribution in [2.75, 3.05) is 25.1 Å². The van der Waals surface area contributed by atoms with E-state index < -0.39 is 0 Å². The van der Waals surface area contributed by atoms with Gasteiger partial charge in [0.25, 0.3) is 5.56 Å². The highest BCUT2D eigenvalue weighted by Gasteiger charge is 2.21. The van der Waals surface area contributed by atoms with E-state index in [1.807, 2.05) is 0 Å². The fourth-order valence-corrected chi connectivity index (χ4v) is 2.86. The summed E-state index contributed by atoms with van der Waals surface area (Å²) < 4.78 is 7.12. The van der Waals surface area contributed by atoms with Crippen LogP contribution in [0.1, 0.15) is 19.3 Å². The zero-order valence-corrected chi connectivity index (χ0v) is 13.5. The molecule has 23 heavy (non-hydrogen) atoms. The van der Waals surface area contributed by atoms with E-state index in [4.69, 9.17) is 4.74 Å². The minimum atomic E-state index is -0.0955. The van der Waals surface area contributed by atoms with E-state index in [-0.39, 0.29) is 11.7 Å². The lowest BCUT2D eigenvalue weighted by Gasteiger charge is -2.26. The average Bonchev–Trinajstić information content (AvgIpc) is 2.83. The Morgan fingerprint density at radius 3 is 2.91 bits per heavy atom. The number of hydrogen-bond donors (Lipinski definition) is 0. The van der Waals surface area contributed by atoms with Crippen molar-refractivity contribution in [2.24, 2.45) is 7.05 Å². The highest BCUT2D eigenvalue weighted by Crippen LogP contribution is 2.20. The van der Waals surface area contributed by atoms with Gasteiger partial charge in [0.15, 0.2) is 0 Å². The molecule has 2 aromatic heterocycles. The molecule has 3 rings (SSSR count). The Balaban J connectivity index is 2.01. The van der Waals surface area contributed by atoms with Crippen LogP contribution in [0.5, 0.6) is 0 Å². The van der Waals surface area contributed by atoms with Gasteiger partial charge in [-0.1, -0.05) is 0 Å². The lowest BCUT2D eigenvalue weighted by Crippen LogP contribution is -2.36. The maximum atomic E-state index is 12.3. The van der Waals surface area contributed by atoms with Crippen molar-refractivity contribution >= 4 is 5.95 Å². The first kappa shape index (κ1) is 15.6. The van der Waals surface area contributed by atoms with Gasteiger partial charge in [-0.2, -0.15) is 0 Å². The molecule has 1 unspecified atom stereocenters. The topological polar surface area (TPSA) is 73.1 Å². The molecule has 1 fully saturated rings. The number of methoxy groups -OCH3 is 1. The molecule has 1 saturated heterocycles. The van der Waals surface area contributed by atoms with Gasteiger partial charge in [-0.25, -0.2) is 15.0 Å². The molecule has 0 radical (unpaired) electrons. The second kappa shape index (κ2) is 6.87. The van der Waals surface area contributed by atoms with Crippen molar-refractivity contribution in [1.29, 1.82) is 0 Å². The number of hydrogen-bond acceptors (Lipinski definition) is 6. The highest BCUT2D eigenvalue weighted by atomic mass is 16.5. The Kier molecular flexibility index (Phi) is 4.66. The van der Waals surface area contributed by atoms with E-state index >= 15 is 0 Å². The van der Waals surface area contributed by atoms with Crippen LogP contribution in [0.25, 0.3) is 11.4 Å². The van der Waals surface area contributed by atoms with Gasteiger partial charge in [-0.05, 0) is 25.3 Å². The highest BCUT2D eigenvalue weighted by molar-refractivity contribution is 5.55. The summed E-state index contributed by atoms with van der Waals surface area (Å²) in [5.41, 5.74) is 1.13. The smallest absolute Gasteiger partial charge is 0.255 e. The molecule has 3 heterocycles. The minimum Gasteiger partial charge on any atom is -0.380 e. The molecule has 0 saturated carbocycles. The summed E-state index contributed by atoms with van der Waals surface area (Å²) in [5.74, 6) is 0.662. The molecule has 0 spiro atoms. The van der Waals surface area contributed by atoms with Gasteiger partial charge in [0.2, 0.25) is 5.95 Å². The summed E-state index contributed by atoms with van der Waals surface area (Å²) in [7, 11) is 3.49. The number of anilines is 1. The van der Waals surface area contributed by atoms with Crippen LogP contribution in [0.4, 0.5) is 5.95 Å². The van der Waals surface area contributed by atoms with Crippen molar-refractivity contribution in [3.63, 3.8) is 0 Å². The SMILES string of the molecule is COC1CCCCN(c2nc(-c3ccncn3)cc(=O)n2C)C1. The zero-order valence-electron chi connectivity index (χ0n) is 13.5. The van der Waals surface area contributed by atoms with Crippen LogP contribution in [0.3, 0.4) is 0 Å². The molecule has 2 aromatic rings. The van der Waals surface area contributed by atoms with Crippen molar-refractivity contribution in [2.45, 2.75) is 25.4 Å². The monoisotopic (exact) mass is 315 g/mol. The van der Waals surface area contributed by atoms with Crippen LogP contribution < -0.4 is 10.5 Å². The first-order chi connectivity index (χ1) is 11.2. The van der Waals surface area contributed by atoms with Gasteiger partial charge < -0.3 is 9.64 Å². The Morgan fingerprint density at radius 2 is 2.17 bits per heavy atom. The quantitative estimate of drug-likeness (QED) is 0.848. The molecule has 1 aliphatic rings. The van der Waals surface area contributed by atoms with Gasteiger partial charge in [-0.3, -0.25) is 9.36 Å². The fourth-order valence-electron chi connectivity index (χ4n) is 2.86. The molecule has 1 aliphatic heterocycles. The van der Waals surface area contributed by atoms with Crippen LogP contribution in [0, 0.1) is 0 Å². The maximum absolute atomic E-state index is 12.3. The van der Waals surface area contributed by atoms with Gasteiger partial charge >= 0.3 is 0 Å². The van der Waals surface area contributed by atoms with E-state index in [9.17, 15) is 4.79 Å². The van der Waals surface area contributed by atoms with Crippen LogP contribution in [0.2, 0.25) is 0 Å². The van der Waals surface area contributed by atoms with Crippen LogP contribution >= 0.6 is 0 Å².